The molecule has 0 spiro atoms. The Morgan fingerprint density at radius 1 is 0.950 bits per heavy atom. The lowest BCUT2D eigenvalue weighted by Crippen LogP contribution is -2.23. The van der Waals surface area contributed by atoms with Crippen molar-refractivity contribution in [1.29, 1.82) is 0 Å². The zero-order valence-corrected chi connectivity index (χ0v) is 11.3. The molecule has 0 saturated carbocycles. The summed E-state index contributed by atoms with van der Waals surface area (Å²) in [7, 11) is 0. The fourth-order valence-electron chi connectivity index (χ4n) is 1.22. The molecular weight excluding hydrogens is 272 g/mol. The molecule has 0 aliphatic rings. The van der Waals surface area contributed by atoms with Gasteiger partial charge in [-0.05, 0) is 13.8 Å². The Bertz CT molecular complexity index is 374. The fourth-order valence-corrected chi connectivity index (χ4v) is 1.22. The van der Waals surface area contributed by atoms with E-state index in [2.05, 4.69) is 4.74 Å². The fraction of sp³-hybridized carbons (Fsp3) is 0.667. The first-order valence-corrected chi connectivity index (χ1v) is 6.03. The minimum atomic E-state index is -1.17. The largest absolute Gasteiger partial charge is 0.481 e. The molecule has 0 heterocycles. The summed E-state index contributed by atoms with van der Waals surface area (Å²) in [6.45, 7) is 2.85. The Labute approximate surface area is 115 Å². The first-order valence-electron chi connectivity index (χ1n) is 6.03. The van der Waals surface area contributed by atoms with E-state index in [9.17, 15) is 19.2 Å². The number of ether oxygens (including phenoxy) is 2. The van der Waals surface area contributed by atoms with E-state index in [-0.39, 0.29) is 12.8 Å². The van der Waals surface area contributed by atoms with Crippen LogP contribution < -0.4 is 0 Å². The SMILES string of the molecule is CC(O)CC(=O)OC(C)CC(=O)OC(=O)CCC(=O)O. The molecule has 8 nitrogen and oxygen atoms in total. The Morgan fingerprint density at radius 3 is 2.05 bits per heavy atom. The molecule has 0 aliphatic heterocycles. The third-order valence-electron chi connectivity index (χ3n) is 2.02. The normalized spacial score (nSPS) is 13.2. The number of carbonyl (C=O) groups is 4. The molecule has 0 aliphatic carbocycles. The lowest BCUT2D eigenvalue weighted by molar-refractivity contribution is -0.163. The van der Waals surface area contributed by atoms with Gasteiger partial charge in [0.05, 0.1) is 31.8 Å². The van der Waals surface area contributed by atoms with Crippen LogP contribution in [0.15, 0.2) is 0 Å². The van der Waals surface area contributed by atoms with Gasteiger partial charge in [0.2, 0.25) is 0 Å². The highest BCUT2D eigenvalue weighted by Gasteiger charge is 2.18. The Kier molecular flexibility index (Phi) is 8.14. The van der Waals surface area contributed by atoms with Crippen LogP contribution in [0.1, 0.15) is 39.5 Å². The van der Waals surface area contributed by atoms with Gasteiger partial charge in [-0.1, -0.05) is 0 Å². The molecule has 0 rings (SSSR count). The summed E-state index contributed by atoms with van der Waals surface area (Å²) in [6, 6.07) is 0. The summed E-state index contributed by atoms with van der Waals surface area (Å²) in [4.78, 5) is 43.7. The molecule has 0 bridgehead atoms. The second-order valence-electron chi connectivity index (χ2n) is 4.30. The van der Waals surface area contributed by atoms with Crippen LogP contribution in [0, 0.1) is 0 Å². The molecule has 2 atom stereocenters. The molecule has 0 amide bonds. The van der Waals surface area contributed by atoms with Gasteiger partial charge < -0.3 is 19.7 Å². The van der Waals surface area contributed by atoms with Crippen molar-refractivity contribution in [3.05, 3.63) is 0 Å². The predicted molar refractivity (Wildman–Crippen MR) is 64.4 cm³/mol. The molecular formula is C12H18O8. The van der Waals surface area contributed by atoms with Crippen LogP contribution in [-0.4, -0.2) is 46.3 Å². The first-order chi connectivity index (χ1) is 9.20. The van der Waals surface area contributed by atoms with E-state index in [0.29, 0.717) is 0 Å². The van der Waals surface area contributed by atoms with E-state index in [1.807, 2.05) is 0 Å². The lowest BCUT2D eigenvalue weighted by atomic mass is 10.2. The molecule has 2 N–H and O–H groups in total. The molecule has 2 unspecified atom stereocenters. The predicted octanol–water partition coefficient (Wildman–Crippen LogP) is 0.0137. The van der Waals surface area contributed by atoms with Crippen LogP contribution in [0.2, 0.25) is 0 Å². The number of hydrogen-bond donors (Lipinski definition) is 2. The van der Waals surface area contributed by atoms with Crippen LogP contribution in [-0.2, 0) is 28.7 Å². The summed E-state index contributed by atoms with van der Waals surface area (Å²) >= 11 is 0. The summed E-state index contributed by atoms with van der Waals surface area (Å²) in [5.41, 5.74) is 0. The Balaban J connectivity index is 3.98. The van der Waals surface area contributed by atoms with Crippen molar-refractivity contribution in [1.82, 2.24) is 0 Å². The van der Waals surface area contributed by atoms with Crippen molar-refractivity contribution >= 4 is 23.9 Å². The van der Waals surface area contributed by atoms with Crippen LogP contribution in [0.5, 0.6) is 0 Å². The van der Waals surface area contributed by atoms with Crippen molar-refractivity contribution in [2.75, 3.05) is 0 Å². The van der Waals surface area contributed by atoms with Crippen molar-refractivity contribution in [3.63, 3.8) is 0 Å². The van der Waals surface area contributed by atoms with Gasteiger partial charge in [0.15, 0.2) is 0 Å². The maximum absolute atomic E-state index is 11.3. The second kappa shape index (κ2) is 9.03. The minimum absolute atomic E-state index is 0.197. The quantitative estimate of drug-likeness (QED) is 0.473. The molecule has 8 heteroatoms. The molecule has 0 aromatic carbocycles. The summed E-state index contributed by atoms with van der Waals surface area (Å²) in [6.07, 6.45) is -3.01. The van der Waals surface area contributed by atoms with Gasteiger partial charge in [0.1, 0.15) is 6.10 Å². The third kappa shape index (κ3) is 10.0. The number of carboxylic acids is 1. The highest BCUT2D eigenvalue weighted by molar-refractivity contribution is 5.87. The molecule has 0 saturated heterocycles. The summed E-state index contributed by atoms with van der Waals surface area (Å²) in [5, 5.41) is 17.3. The molecule has 0 radical (unpaired) electrons. The van der Waals surface area contributed by atoms with Crippen molar-refractivity contribution in [3.8, 4) is 0 Å². The van der Waals surface area contributed by atoms with Crippen molar-refractivity contribution < 1.29 is 38.9 Å². The topological polar surface area (TPSA) is 127 Å². The van der Waals surface area contributed by atoms with Gasteiger partial charge in [-0.2, -0.15) is 0 Å². The van der Waals surface area contributed by atoms with Crippen molar-refractivity contribution in [2.24, 2.45) is 0 Å². The van der Waals surface area contributed by atoms with Gasteiger partial charge in [-0.15, -0.1) is 0 Å². The third-order valence-corrected chi connectivity index (χ3v) is 2.02. The first kappa shape index (κ1) is 18.0. The maximum Gasteiger partial charge on any atom is 0.317 e. The van der Waals surface area contributed by atoms with Gasteiger partial charge in [-0.3, -0.25) is 19.2 Å². The van der Waals surface area contributed by atoms with E-state index >= 15 is 0 Å². The zero-order valence-electron chi connectivity index (χ0n) is 11.3. The van der Waals surface area contributed by atoms with Gasteiger partial charge in [0, 0.05) is 0 Å². The van der Waals surface area contributed by atoms with Crippen LogP contribution >= 0.6 is 0 Å². The minimum Gasteiger partial charge on any atom is -0.481 e. The molecule has 0 fully saturated rings. The van der Waals surface area contributed by atoms with Gasteiger partial charge in [-0.25, -0.2) is 0 Å². The van der Waals surface area contributed by atoms with Gasteiger partial charge in [0.25, 0.3) is 0 Å². The number of rotatable bonds is 8. The molecule has 0 aromatic rings. The number of aliphatic carboxylic acids is 1. The van der Waals surface area contributed by atoms with Crippen molar-refractivity contribution in [2.45, 2.75) is 51.7 Å². The van der Waals surface area contributed by atoms with Crippen LogP contribution in [0.3, 0.4) is 0 Å². The molecule has 0 aromatic heterocycles. The van der Waals surface area contributed by atoms with Crippen LogP contribution in [0.25, 0.3) is 0 Å². The Morgan fingerprint density at radius 2 is 1.55 bits per heavy atom. The molecule has 114 valence electrons. The average Bonchev–Trinajstić information content (AvgIpc) is 2.24. The number of hydrogen-bond acceptors (Lipinski definition) is 7. The smallest absolute Gasteiger partial charge is 0.317 e. The maximum atomic E-state index is 11.3. The number of aliphatic hydroxyl groups is 1. The van der Waals surface area contributed by atoms with Gasteiger partial charge >= 0.3 is 23.9 Å². The Hall–Kier alpha value is -1.96. The lowest BCUT2D eigenvalue weighted by Gasteiger charge is -2.12. The second-order valence-corrected chi connectivity index (χ2v) is 4.30. The highest BCUT2D eigenvalue weighted by atomic mass is 16.6. The monoisotopic (exact) mass is 290 g/mol. The van der Waals surface area contributed by atoms with E-state index in [4.69, 9.17) is 14.9 Å². The summed E-state index contributed by atoms with van der Waals surface area (Å²) < 4.78 is 9.16. The van der Waals surface area contributed by atoms with E-state index in [1.54, 1.807) is 0 Å². The number of aliphatic hydroxyl groups excluding tert-OH is 1. The summed E-state index contributed by atoms with van der Waals surface area (Å²) in [5.74, 6) is -3.69. The zero-order chi connectivity index (χ0) is 15.7. The van der Waals surface area contributed by atoms with E-state index < -0.39 is 48.9 Å². The number of carboxylic acid groups (broad SMARTS) is 1. The van der Waals surface area contributed by atoms with E-state index in [1.165, 1.54) is 13.8 Å². The number of carbonyl (C=O) groups excluding carboxylic acids is 3. The number of esters is 3. The standard InChI is InChI=1S/C12H18O8/c1-7(13)5-11(17)19-8(2)6-12(18)20-10(16)4-3-9(14)15/h7-8,13H,3-6H2,1-2H3,(H,14,15). The average molecular weight is 290 g/mol. The highest BCUT2D eigenvalue weighted by Crippen LogP contribution is 2.04. The molecule has 20 heavy (non-hydrogen) atoms. The van der Waals surface area contributed by atoms with E-state index in [0.717, 1.165) is 0 Å². The van der Waals surface area contributed by atoms with Crippen LogP contribution in [0.4, 0.5) is 0 Å².